The third-order valence-corrected chi connectivity index (χ3v) is 2.83. The Morgan fingerprint density at radius 1 is 1.44 bits per heavy atom. The van der Waals surface area contributed by atoms with Crippen molar-refractivity contribution in [1.29, 1.82) is 0 Å². The van der Waals surface area contributed by atoms with Gasteiger partial charge < -0.3 is 15.4 Å². The van der Waals surface area contributed by atoms with Gasteiger partial charge in [-0.05, 0) is 25.7 Å². The van der Waals surface area contributed by atoms with E-state index in [0.29, 0.717) is 5.92 Å². The van der Waals surface area contributed by atoms with E-state index in [0.717, 1.165) is 38.5 Å². The second kappa shape index (κ2) is 6.09. The van der Waals surface area contributed by atoms with Gasteiger partial charge in [-0.1, -0.05) is 13.8 Å². The van der Waals surface area contributed by atoms with Gasteiger partial charge in [-0.2, -0.15) is 0 Å². The number of hydrogen-bond donors (Lipinski definition) is 2. The zero-order valence-electron chi connectivity index (χ0n) is 11.0. The lowest BCUT2D eigenvalue weighted by Gasteiger charge is -2.24. The Morgan fingerprint density at radius 2 is 2.19 bits per heavy atom. The molecule has 1 fully saturated rings. The van der Waals surface area contributed by atoms with E-state index < -0.39 is 0 Å². The molecule has 0 amide bonds. The SMILES string of the molecule is CN=C(NCC(C)C)NCC1(C)CCCO1. The quantitative estimate of drug-likeness (QED) is 0.563. The molecule has 0 aromatic heterocycles. The fourth-order valence-corrected chi connectivity index (χ4v) is 1.77. The van der Waals surface area contributed by atoms with Gasteiger partial charge in [0, 0.05) is 26.7 Å². The van der Waals surface area contributed by atoms with Crippen LogP contribution >= 0.6 is 0 Å². The number of ether oxygens (including phenoxy) is 1. The van der Waals surface area contributed by atoms with Crippen molar-refractivity contribution in [2.75, 3.05) is 26.7 Å². The van der Waals surface area contributed by atoms with Gasteiger partial charge in [0.25, 0.3) is 0 Å². The van der Waals surface area contributed by atoms with Crippen molar-refractivity contribution in [2.24, 2.45) is 10.9 Å². The predicted molar refractivity (Wildman–Crippen MR) is 67.8 cm³/mol. The molecule has 0 aromatic rings. The van der Waals surface area contributed by atoms with Gasteiger partial charge in [0.1, 0.15) is 0 Å². The van der Waals surface area contributed by atoms with Gasteiger partial charge in [0.2, 0.25) is 0 Å². The Balaban J connectivity index is 2.28. The molecule has 1 aliphatic heterocycles. The minimum Gasteiger partial charge on any atom is -0.373 e. The van der Waals surface area contributed by atoms with Gasteiger partial charge in [-0.25, -0.2) is 0 Å². The van der Waals surface area contributed by atoms with E-state index in [4.69, 9.17) is 4.74 Å². The first-order chi connectivity index (χ1) is 7.56. The summed E-state index contributed by atoms with van der Waals surface area (Å²) in [7, 11) is 1.80. The van der Waals surface area contributed by atoms with Crippen LogP contribution in [0.4, 0.5) is 0 Å². The highest BCUT2D eigenvalue weighted by atomic mass is 16.5. The normalized spacial score (nSPS) is 26.2. The van der Waals surface area contributed by atoms with Crippen molar-refractivity contribution in [3.63, 3.8) is 0 Å². The van der Waals surface area contributed by atoms with Crippen LogP contribution in [0.15, 0.2) is 4.99 Å². The average molecular weight is 227 g/mol. The van der Waals surface area contributed by atoms with Crippen molar-refractivity contribution >= 4 is 5.96 Å². The van der Waals surface area contributed by atoms with Gasteiger partial charge in [0.05, 0.1) is 5.60 Å². The van der Waals surface area contributed by atoms with E-state index >= 15 is 0 Å². The third-order valence-electron chi connectivity index (χ3n) is 2.83. The van der Waals surface area contributed by atoms with Crippen molar-refractivity contribution in [1.82, 2.24) is 10.6 Å². The third kappa shape index (κ3) is 4.39. The molecule has 0 aromatic carbocycles. The lowest BCUT2D eigenvalue weighted by molar-refractivity contribution is 0.0243. The number of nitrogens with zero attached hydrogens (tertiary/aromatic N) is 1. The molecule has 0 saturated carbocycles. The van der Waals surface area contributed by atoms with Crippen molar-refractivity contribution in [2.45, 2.75) is 39.2 Å². The molecule has 0 aliphatic carbocycles. The van der Waals surface area contributed by atoms with Gasteiger partial charge in [-0.3, -0.25) is 4.99 Å². The predicted octanol–water partition coefficient (Wildman–Crippen LogP) is 1.38. The Kier molecular flexibility index (Phi) is 5.06. The Morgan fingerprint density at radius 3 is 2.69 bits per heavy atom. The molecule has 1 aliphatic rings. The van der Waals surface area contributed by atoms with E-state index in [2.05, 4.69) is 36.4 Å². The molecule has 0 radical (unpaired) electrons. The summed E-state index contributed by atoms with van der Waals surface area (Å²) in [5, 5.41) is 6.61. The van der Waals surface area contributed by atoms with Crippen LogP contribution < -0.4 is 10.6 Å². The molecule has 1 unspecified atom stereocenters. The number of guanidine groups is 1. The maximum absolute atomic E-state index is 5.72. The fraction of sp³-hybridized carbons (Fsp3) is 0.917. The maximum atomic E-state index is 5.72. The Hall–Kier alpha value is -0.770. The van der Waals surface area contributed by atoms with E-state index in [1.54, 1.807) is 7.05 Å². The van der Waals surface area contributed by atoms with Gasteiger partial charge in [-0.15, -0.1) is 0 Å². The first kappa shape index (κ1) is 13.3. The molecule has 2 N–H and O–H groups in total. The molecule has 1 saturated heterocycles. The molecule has 0 spiro atoms. The van der Waals surface area contributed by atoms with Crippen LogP contribution in [-0.4, -0.2) is 38.3 Å². The number of rotatable bonds is 4. The van der Waals surface area contributed by atoms with Crippen LogP contribution in [0, 0.1) is 5.92 Å². The molecule has 16 heavy (non-hydrogen) atoms. The molecule has 1 atom stereocenters. The smallest absolute Gasteiger partial charge is 0.191 e. The summed E-state index contributed by atoms with van der Waals surface area (Å²) < 4.78 is 5.72. The lowest BCUT2D eigenvalue weighted by atomic mass is 10.0. The minimum atomic E-state index is -0.0184. The molecule has 1 heterocycles. The minimum absolute atomic E-state index is 0.0184. The van der Waals surface area contributed by atoms with Crippen LogP contribution in [-0.2, 0) is 4.74 Å². The van der Waals surface area contributed by atoms with Crippen LogP contribution in [0.1, 0.15) is 33.6 Å². The van der Waals surface area contributed by atoms with E-state index in [-0.39, 0.29) is 5.60 Å². The fourth-order valence-electron chi connectivity index (χ4n) is 1.77. The van der Waals surface area contributed by atoms with Crippen molar-refractivity contribution in [3.8, 4) is 0 Å². The monoisotopic (exact) mass is 227 g/mol. The van der Waals surface area contributed by atoms with Gasteiger partial charge >= 0.3 is 0 Å². The maximum Gasteiger partial charge on any atom is 0.191 e. The molecule has 4 heteroatoms. The molecule has 0 bridgehead atoms. The Bertz CT molecular complexity index is 232. The number of aliphatic imine (C=N–C) groups is 1. The first-order valence-electron chi connectivity index (χ1n) is 6.14. The summed E-state index contributed by atoms with van der Waals surface area (Å²) in [6, 6.07) is 0. The zero-order valence-corrected chi connectivity index (χ0v) is 11.0. The van der Waals surface area contributed by atoms with Crippen molar-refractivity contribution < 1.29 is 4.74 Å². The second-order valence-corrected chi connectivity index (χ2v) is 5.10. The second-order valence-electron chi connectivity index (χ2n) is 5.10. The molecule has 94 valence electrons. The van der Waals surface area contributed by atoms with Crippen molar-refractivity contribution in [3.05, 3.63) is 0 Å². The molecule has 4 nitrogen and oxygen atoms in total. The van der Waals surface area contributed by atoms with Crippen LogP contribution in [0.2, 0.25) is 0 Å². The first-order valence-corrected chi connectivity index (χ1v) is 6.14. The van der Waals surface area contributed by atoms with Crippen LogP contribution in [0.5, 0.6) is 0 Å². The summed E-state index contributed by atoms with van der Waals surface area (Å²) in [4.78, 5) is 4.19. The standard InChI is InChI=1S/C12H25N3O/c1-10(2)8-14-11(13-4)15-9-12(3)6-5-7-16-12/h10H,5-9H2,1-4H3,(H2,13,14,15). The lowest BCUT2D eigenvalue weighted by Crippen LogP contribution is -2.46. The van der Waals surface area contributed by atoms with Crippen LogP contribution in [0.25, 0.3) is 0 Å². The summed E-state index contributed by atoms with van der Waals surface area (Å²) in [5.74, 6) is 1.49. The summed E-state index contributed by atoms with van der Waals surface area (Å²) in [6.45, 7) is 9.17. The highest BCUT2D eigenvalue weighted by Gasteiger charge is 2.29. The highest BCUT2D eigenvalue weighted by molar-refractivity contribution is 5.79. The zero-order chi connectivity index (χ0) is 12.0. The number of nitrogens with one attached hydrogen (secondary N) is 2. The highest BCUT2D eigenvalue weighted by Crippen LogP contribution is 2.23. The Labute approximate surface area is 98.9 Å². The van der Waals surface area contributed by atoms with Gasteiger partial charge in [0.15, 0.2) is 5.96 Å². The molecular weight excluding hydrogens is 202 g/mol. The van der Waals surface area contributed by atoms with E-state index in [9.17, 15) is 0 Å². The molecular formula is C12H25N3O. The van der Waals surface area contributed by atoms with Crippen LogP contribution in [0.3, 0.4) is 0 Å². The number of hydrogen-bond acceptors (Lipinski definition) is 2. The van der Waals surface area contributed by atoms with E-state index in [1.165, 1.54) is 0 Å². The average Bonchev–Trinajstić information content (AvgIpc) is 2.65. The summed E-state index contributed by atoms with van der Waals surface area (Å²) >= 11 is 0. The largest absolute Gasteiger partial charge is 0.373 e. The topological polar surface area (TPSA) is 45.7 Å². The molecule has 1 rings (SSSR count). The summed E-state index contributed by atoms with van der Waals surface area (Å²) in [6.07, 6.45) is 2.29. The van der Waals surface area contributed by atoms with E-state index in [1.807, 2.05) is 0 Å². The summed E-state index contributed by atoms with van der Waals surface area (Å²) in [5.41, 5.74) is -0.0184.